The van der Waals surface area contributed by atoms with E-state index in [-0.39, 0.29) is 23.2 Å². The standard InChI is InChI=1S/C26H23F3N2O4S/c1-16(32)22-11-12-23(36-22)25(34)31-14-13-20(19(15-31)17-7-3-2-4-8-17)30-24(33)18-9-5-6-10-21(18)35-26(27,28)29/h2-12,19-20H,13-15H2,1H3,(H,30,33)/t19-,20-/m1/s1. The van der Waals surface area contributed by atoms with Crippen LogP contribution in [0.25, 0.3) is 0 Å². The molecule has 2 aromatic carbocycles. The maximum atomic E-state index is 13.2. The Balaban J connectivity index is 1.55. The van der Waals surface area contributed by atoms with Crippen LogP contribution in [0.1, 0.15) is 54.5 Å². The van der Waals surface area contributed by atoms with Crippen molar-refractivity contribution in [2.45, 2.75) is 31.7 Å². The minimum atomic E-state index is -4.93. The molecule has 2 atom stereocenters. The highest BCUT2D eigenvalue weighted by atomic mass is 32.1. The first-order chi connectivity index (χ1) is 17.1. The number of ether oxygens (including phenoxy) is 1. The summed E-state index contributed by atoms with van der Waals surface area (Å²) in [5.41, 5.74) is 0.659. The molecule has 1 saturated heterocycles. The molecule has 2 heterocycles. The Morgan fingerprint density at radius 1 is 0.972 bits per heavy atom. The first-order valence-electron chi connectivity index (χ1n) is 11.2. The number of hydrogen-bond donors (Lipinski definition) is 1. The molecule has 0 bridgehead atoms. The molecule has 6 nitrogen and oxygen atoms in total. The van der Waals surface area contributed by atoms with Crippen LogP contribution in [0, 0.1) is 0 Å². The predicted molar refractivity (Wildman–Crippen MR) is 128 cm³/mol. The number of carbonyl (C=O) groups excluding carboxylic acids is 3. The average molecular weight is 517 g/mol. The Bertz CT molecular complexity index is 1260. The van der Waals surface area contributed by atoms with Gasteiger partial charge in [0, 0.05) is 25.0 Å². The van der Waals surface area contributed by atoms with Gasteiger partial charge in [0.2, 0.25) is 0 Å². The van der Waals surface area contributed by atoms with Gasteiger partial charge in [0.15, 0.2) is 5.78 Å². The first-order valence-corrected chi connectivity index (χ1v) is 12.0. The number of likely N-dealkylation sites (tertiary alicyclic amines) is 1. The molecule has 3 aromatic rings. The van der Waals surface area contributed by atoms with Crippen LogP contribution in [-0.4, -0.2) is 48.0 Å². The largest absolute Gasteiger partial charge is 0.573 e. The summed E-state index contributed by atoms with van der Waals surface area (Å²) in [6, 6.07) is 17.3. The quantitative estimate of drug-likeness (QED) is 0.453. The summed E-state index contributed by atoms with van der Waals surface area (Å²) in [7, 11) is 0. The Kier molecular flexibility index (Phi) is 7.44. The van der Waals surface area contributed by atoms with Gasteiger partial charge in [0.05, 0.1) is 15.3 Å². The third kappa shape index (κ3) is 5.93. The maximum absolute atomic E-state index is 13.2. The predicted octanol–water partition coefficient (Wildman–Crippen LogP) is 5.28. The molecule has 0 saturated carbocycles. The summed E-state index contributed by atoms with van der Waals surface area (Å²) in [5.74, 6) is -1.88. The van der Waals surface area contributed by atoms with Crippen molar-refractivity contribution in [1.82, 2.24) is 10.2 Å². The second kappa shape index (κ2) is 10.5. The summed E-state index contributed by atoms with van der Waals surface area (Å²) in [5, 5.41) is 2.86. The number of nitrogens with zero attached hydrogens (tertiary/aromatic N) is 1. The highest BCUT2D eigenvalue weighted by Crippen LogP contribution is 2.31. The molecule has 0 radical (unpaired) electrons. The molecule has 4 rings (SSSR count). The monoisotopic (exact) mass is 516 g/mol. The average Bonchev–Trinajstić information content (AvgIpc) is 3.34. The molecule has 1 fully saturated rings. The van der Waals surface area contributed by atoms with E-state index in [2.05, 4.69) is 10.1 Å². The fourth-order valence-corrected chi connectivity index (χ4v) is 5.13. The lowest BCUT2D eigenvalue weighted by Gasteiger charge is -2.39. The van der Waals surface area contributed by atoms with Crippen LogP contribution in [0.5, 0.6) is 5.75 Å². The van der Waals surface area contributed by atoms with E-state index in [1.807, 2.05) is 30.3 Å². The second-order valence-corrected chi connectivity index (χ2v) is 9.48. The van der Waals surface area contributed by atoms with E-state index < -0.39 is 24.1 Å². The van der Waals surface area contributed by atoms with Crippen molar-refractivity contribution in [3.05, 3.63) is 87.6 Å². The van der Waals surface area contributed by atoms with Crippen LogP contribution in [0.15, 0.2) is 66.7 Å². The lowest BCUT2D eigenvalue weighted by atomic mass is 9.85. The molecular formula is C26H23F3N2O4S. The Labute approximate surface area is 209 Å². The van der Waals surface area contributed by atoms with E-state index in [0.717, 1.165) is 23.0 Å². The van der Waals surface area contributed by atoms with Crippen LogP contribution in [-0.2, 0) is 0 Å². The summed E-state index contributed by atoms with van der Waals surface area (Å²) in [6.45, 7) is 2.07. The third-order valence-electron chi connectivity index (χ3n) is 5.97. The van der Waals surface area contributed by atoms with Crippen molar-refractivity contribution in [2.24, 2.45) is 0 Å². The van der Waals surface area contributed by atoms with E-state index >= 15 is 0 Å². The first kappa shape index (κ1) is 25.4. The van der Waals surface area contributed by atoms with E-state index in [4.69, 9.17) is 0 Å². The molecule has 1 aromatic heterocycles. The van der Waals surface area contributed by atoms with Crippen molar-refractivity contribution in [3.63, 3.8) is 0 Å². The van der Waals surface area contributed by atoms with Gasteiger partial charge in [-0.25, -0.2) is 0 Å². The number of carbonyl (C=O) groups is 3. The molecule has 1 aliphatic rings. The molecule has 0 unspecified atom stereocenters. The van der Waals surface area contributed by atoms with Gasteiger partial charge in [0.1, 0.15) is 5.75 Å². The molecule has 0 spiro atoms. The minimum absolute atomic E-state index is 0.114. The van der Waals surface area contributed by atoms with Crippen LogP contribution in [0.4, 0.5) is 13.2 Å². The zero-order chi connectivity index (χ0) is 25.9. The van der Waals surface area contributed by atoms with Gasteiger partial charge >= 0.3 is 6.36 Å². The number of Topliss-reactive ketones (excluding diaryl/α,β-unsaturated/α-hetero) is 1. The second-order valence-electron chi connectivity index (χ2n) is 8.40. The highest BCUT2D eigenvalue weighted by Gasteiger charge is 2.36. The normalized spacial score (nSPS) is 17.9. The van der Waals surface area contributed by atoms with E-state index in [9.17, 15) is 27.6 Å². The van der Waals surface area contributed by atoms with Crippen molar-refractivity contribution in [2.75, 3.05) is 13.1 Å². The Morgan fingerprint density at radius 2 is 1.64 bits per heavy atom. The lowest BCUT2D eigenvalue weighted by molar-refractivity contribution is -0.274. The van der Waals surface area contributed by atoms with Gasteiger partial charge < -0.3 is 15.0 Å². The number of rotatable bonds is 6. The maximum Gasteiger partial charge on any atom is 0.573 e. The summed E-state index contributed by atoms with van der Waals surface area (Å²) < 4.78 is 42.5. The van der Waals surface area contributed by atoms with E-state index in [0.29, 0.717) is 29.3 Å². The Hall–Kier alpha value is -3.66. The molecule has 36 heavy (non-hydrogen) atoms. The number of nitrogens with one attached hydrogen (secondary N) is 1. The topological polar surface area (TPSA) is 75.7 Å². The molecule has 1 aliphatic heterocycles. The highest BCUT2D eigenvalue weighted by molar-refractivity contribution is 7.15. The molecule has 1 N–H and O–H groups in total. The van der Waals surface area contributed by atoms with E-state index in [1.165, 1.54) is 25.1 Å². The summed E-state index contributed by atoms with van der Waals surface area (Å²) in [6.07, 6.45) is -4.54. The number of piperidine rings is 1. The number of benzene rings is 2. The zero-order valence-corrected chi connectivity index (χ0v) is 20.1. The SMILES string of the molecule is CC(=O)c1ccc(C(=O)N2CC[C@@H](NC(=O)c3ccccc3OC(F)(F)F)[C@@H](c3ccccc3)C2)s1. The van der Waals surface area contributed by atoms with Gasteiger partial charge in [-0.2, -0.15) is 0 Å². The minimum Gasteiger partial charge on any atom is -0.405 e. The smallest absolute Gasteiger partial charge is 0.405 e. The fourth-order valence-electron chi connectivity index (χ4n) is 4.26. The van der Waals surface area contributed by atoms with Crippen molar-refractivity contribution in [1.29, 1.82) is 0 Å². The Morgan fingerprint density at radius 3 is 2.31 bits per heavy atom. The van der Waals surface area contributed by atoms with Gasteiger partial charge in [-0.3, -0.25) is 14.4 Å². The number of halogens is 3. The number of para-hydroxylation sites is 1. The van der Waals surface area contributed by atoms with Crippen LogP contribution >= 0.6 is 11.3 Å². The fraction of sp³-hybridized carbons (Fsp3) is 0.269. The number of ketones is 1. The summed E-state index contributed by atoms with van der Waals surface area (Å²) in [4.78, 5) is 40.4. The molecular weight excluding hydrogens is 493 g/mol. The molecule has 0 aliphatic carbocycles. The number of amides is 2. The lowest BCUT2D eigenvalue weighted by Crippen LogP contribution is -2.51. The van der Waals surface area contributed by atoms with Crippen LogP contribution in [0.3, 0.4) is 0 Å². The van der Waals surface area contributed by atoms with Gasteiger partial charge in [-0.15, -0.1) is 24.5 Å². The molecule has 2 amide bonds. The van der Waals surface area contributed by atoms with Crippen LogP contribution < -0.4 is 10.1 Å². The number of thiophene rings is 1. The zero-order valence-electron chi connectivity index (χ0n) is 19.2. The van der Waals surface area contributed by atoms with Gasteiger partial charge in [-0.05, 0) is 43.2 Å². The van der Waals surface area contributed by atoms with Crippen molar-refractivity contribution < 1.29 is 32.3 Å². The number of alkyl halides is 3. The summed E-state index contributed by atoms with van der Waals surface area (Å²) >= 11 is 1.14. The molecule has 10 heteroatoms. The van der Waals surface area contributed by atoms with Crippen molar-refractivity contribution >= 4 is 28.9 Å². The van der Waals surface area contributed by atoms with E-state index in [1.54, 1.807) is 17.0 Å². The van der Waals surface area contributed by atoms with Gasteiger partial charge in [-0.1, -0.05) is 42.5 Å². The third-order valence-corrected chi connectivity index (χ3v) is 7.14. The van der Waals surface area contributed by atoms with Crippen molar-refractivity contribution in [3.8, 4) is 5.75 Å². The number of hydrogen-bond acceptors (Lipinski definition) is 5. The van der Waals surface area contributed by atoms with Gasteiger partial charge in [0.25, 0.3) is 11.8 Å². The molecule has 188 valence electrons. The van der Waals surface area contributed by atoms with Crippen LogP contribution in [0.2, 0.25) is 0 Å².